The molecule has 0 radical (unpaired) electrons. The van der Waals surface area contributed by atoms with Gasteiger partial charge in [0.25, 0.3) is 5.69 Å². The van der Waals surface area contributed by atoms with Crippen LogP contribution in [0.3, 0.4) is 0 Å². The van der Waals surface area contributed by atoms with E-state index in [2.05, 4.69) is 5.32 Å². The fourth-order valence-corrected chi connectivity index (χ4v) is 1.94. The highest BCUT2D eigenvalue weighted by Crippen LogP contribution is 2.26. The van der Waals surface area contributed by atoms with Crippen molar-refractivity contribution in [3.05, 3.63) is 62.7 Å². The molecule has 0 heterocycles. The van der Waals surface area contributed by atoms with Gasteiger partial charge in [-0.15, -0.1) is 0 Å². The second-order valence-corrected chi connectivity index (χ2v) is 4.44. The summed E-state index contributed by atoms with van der Waals surface area (Å²) in [7, 11) is 0. The van der Waals surface area contributed by atoms with Crippen LogP contribution >= 0.6 is 11.6 Å². The van der Waals surface area contributed by atoms with Crippen molar-refractivity contribution in [2.75, 3.05) is 5.32 Å². The first-order valence-electron chi connectivity index (χ1n) is 5.70. The second-order valence-electron chi connectivity index (χ2n) is 4.03. The summed E-state index contributed by atoms with van der Waals surface area (Å²) in [5, 5.41) is 31.7. The van der Waals surface area contributed by atoms with Crippen LogP contribution in [0.5, 0.6) is 0 Å². The van der Waals surface area contributed by atoms with Crippen LogP contribution in [0.15, 0.2) is 36.4 Å². The van der Waals surface area contributed by atoms with Crippen molar-refractivity contribution in [3.63, 3.8) is 0 Å². The summed E-state index contributed by atoms with van der Waals surface area (Å²) in [6.45, 7) is 0. The largest absolute Gasteiger partial charge is 0.355 e. The highest BCUT2D eigenvalue weighted by Gasteiger charge is 2.13. The number of benzene rings is 2. The molecule has 0 aliphatic rings. The quantitative estimate of drug-likeness (QED) is 0.687. The molecule has 0 unspecified atom stereocenters. The molecule has 0 bridgehead atoms. The average molecular weight is 299 g/mol. The molecule has 7 heteroatoms. The van der Waals surface area contributed by atoms with Crippen LogP contribution in [-0.2, 0) is 0 Å². The molecule has 0 spiro atoms. The van der Waals surface area contributed by atoms with Gasteiger partial charge in [-0.1, -0.05) is 11.6 Å². The third-order valence-electron chi connectivity index (χ3n) is 2.69. The van der Waals surface area contributed by atoms with Gasteiger partial charge in [-0.05, 0) is 30.3 Å². The fraction of sp³-hybridized carbons (Fsp3) is 0. The Kier molecular flexibility index (Phi) is 4.03. The molecule has 0 amide bonds. The van der Waals surface area contributed by atoms with Crippen LogP contribution in [0.25, 0.3) is 0 Å². The number of hydrogen-bond donors (Lipinski definition) is 1. The molecule has 1 N–H and O–H groups in total. The first kappa shape index (κ1) is 14.3. The Labute approximate surface area is 125 Å². The van der Waals surface area contributed by atoms with Crippen LogP contribution in [0.4, 0.5) is 17.1 Å². The number of hydrogen-bond acceptors (Lipinski definition) is 5. The number of nitro groups is 1. The molecule has 0 saturated carbocycles. The summed E-state index contributed by atoms with van der Waals surface area (Å²) >= 11 is 5.92. The minimum absolute atomic E-state index is 0.0373. The zero-order valence-electron chi connectivity index (χ0n) is 10.5. The lowest BCUT2D eigenvalue weighted by atomic mass is 10.1. The zero-order valence-corrected chi connectivity index (χ0v) is 11.3. The van der Waals surface area contributed by atoms with Gasteiger partial charge in [-0.2, -0.15) is 10.5 Å². The van der Waals surface area contributed by atoms with Gasteiger partial charge in [0, 0.05) is 17.4 Å². The molecule has 0 fully saturated rings. The van der Waals surface area contributed by atoms with Crippen LogP contribution in [0.1, 0.15) is 11.1 Å². The zero-order chi connectivity index (χ0) is 15.4. The van der Waals surface area contributed by atoms with Crippen molar-refractivity contribution in [3.8, 4) is 12.1 Å². The molecular weight excluding hydrogens is 292 g/mol. The molecule has 0 aromatic heterocycles. The van der Waals surface area contributed by atoms with Crippen molar-refractivity contribution < 1.29 is 4.92 Å². The molecular formula is C14H7ClN4O2. The van der Waals surface area contributed by atoms with Gasteiger partial charge in [0.05, 0.1) is 15.5 Å². The van der Waals surface area contributed by atoms with Crippen molar-refractivity contribution in [1.82, 2.24) is 0 Å². The van der Waals surface area contributed by atoms with Crippen molar-refractivity contribution in [2.24, 2.45) is 0 Å². The second kappa shape index (κ2) is 5.91. The Morgan fingerprint density at radius 3 is 2.24 bits per heavy atom. The first-order chi connectivity index (χ1) is 10.0. The van der Waals surface area contributed by atoms with Gasteiger partial charge in [-0.25, -0.2) is 0 Å². The topological polar surface area (TPSA) is 103 Å². The molecule has 21 heavy (non-hydrogen) atoms. The molecule has 0 aliphatic carbocycles. The first-order valence-corrected chi connectivity index (χ1v) is 6.08. The summed E-state index contributed by atoms with van der Waals surface area (Å²) in [5.74, 6) is 0. The van der Waals surface area contributed by atoms with Gasteiger partial charge >= 0.3 is 0 Å². The summed E-state index contributed by atoms with van der Waals surface area (Å²) < 4.78 is 0. The lowest BCUT2D eigenvalue weighted by molar-refractivity contribution is -0.385. The standard InChI is InChI=1S/C14H7ClN4O2/c15-13-6-12(2-1-9(13)7-16)18-11-3-4-14(19(20)21)10(5-11)8-17/h1-6,18H. The van der Waals surface area contributed by atoms with E-state index in [1.54, 1.807) is 24.3 Å². The maximum Gasteiger partial charge on any atom is 0.287 e. The summed E-state index contributed by atoms with van der Waals surface area (Å²) in [5.41, 5.74) is 1.18. The van der Waals surface area contributed by atoms with Gasteiger partial charge in [0.1, 0.15) is 17.7 Å². The summed E-state index contributed by atoms with van der Waals surface area (Å²) in [6, 6.07) is 12.6. The van der Waals surface area contributed by atoms with Gasteiger partial charge in [-0.3, -0.25) is 10.1 Å². The van der Waals surface area contributed by atoms with Gasteiger partial charge in [0.2, 0.25) is 0 Å². The van der Waals surface area contributed by atoms with Crippen molar-refractivity contribution >= 4 is 28.7 Å². The predicted molar refractivity (Wildman–Crippen MR) is 77.3 cm³/mol. The highest BCUT2D eigenvalue weighted by molar-refractivity contribution is 6.32. The van der Waals surface area contributed by atoms with Crippen LogP contribution in [0, 0.1) is 32.8 Å². The Bertz CT molecular complexity index is 806. The van der Waals surface area contributed by atoms with Crippen LogP contribution < -0.4 is 5.32 Å². The van der Waals surface area contributed by atoms with Gasteiger partial charge < -0.3 is 5.32 Å². The number of nitro benzene ring substituents is 1. The Morgan fingerprint density at radius 2 is 1.67 bits per heavy atom. The summed E-state index contributed by atoms with van der Waals surface area (Å²) in [6.07, 6.45) is 0. The number of nitriles is 2. The Hall–Kier alpha value is -3.09. The molecule has 2 rings (SSSR count). The van der Waals surface area contributed by atoms with Crippen LogP contribution in [0.2, 0.25) is 5.02 Å². The minimum atomic E-state index is -0.610. The lowest BCUT2D eigenvalue weighted by Crippen LogP contribution is -1.95. The Balaban J connectivity index is 2.33. The van der Waals surface area contributed by atoms with E-state index in [1.165, 1.54) is 18.2 Å². The lowest BCUT2D eigenvalue weighted by Gasteiger charge is -2.07. The highest BCUT2D eigenvalue weighted by atomic mass is 35.5. The molecule has 0 aliphatic heterocycles. The number of anilines is 2. The Morgan fingerprint density at radius 1 is 1.05 bits per heavy atom. The van der Waals surface area contributed by atoms with E-state index >= 15 is 0 Å². The third-order valence-corrected chi connectivity index (χ3v) is 3.00. The maximum atomic E-state index is 10.8. The van der Waals surface area contributed by atoms with Crippen molar-refractivity contribution in [2.45, 2.75) is 0 Å². The van der Waals surface area contributed by atoms with Crippen molar-refractivity contribution in [1.29, 1.82) is 10.5 Å². The average Bonchev–Trinajstić information content (AvgIpc) is 2.47. The van der Waals surface area contributed by atoms with E-state index in [0.29, 0.717) is 22.0 Å². The fourth-order valence-electron chi connectivity index (χ4n) is 1.71. The monoisotopic (exact) mass is 298 g/mol. The number of nitrogens with zero attached hydrogens (tertiary/aromatic N) is 3. The molecule has 102 valence electrons. The smallest absolute Gasteiger partial charge is 0.287 e. The van der Waals surface area contributed by atoms with E-state index in [1.807, 2.05) is 6.07 Å². The third kappa shape index (κ3) is 3.08. The van der Waals surface area contributed by atoms with E-state index in [9.17, 15) is 10.1 Å². The molecule has 2 aromatic carbocycles. The van der Waals surface area contributed by atoms with E-state index < -0.39 is 4.92 Å². The SMILES string of the molecule is N#Cc1ccc(Nc2ccc([N+](=O)[O-])c(C#N)c2)cc1Cl. The molecule has 0 saturated heterocycles. The van der Waals surface area contributed by atoms with E-state index in [0.717, 1.165) is 0 Å². The van der Waals surface area contributed by atoms with E-state index in [-0.39, 0.29) is 11.3 Å². The summed E-state index contributed by atoms with van der Waals surface area (Å²) in [4.78, 5) is 10.1. The molecule has 6 nitrogen and oxygen atoms in total. The molecule has 0 atom stereocenters. The molecule has 2 aromatic rings. The van der Waals surface area contributed by atoms with Crippen LogP contribution in [-0.4, -0.2) is 4.92 Å². The number of rotatable bonds is 3. The van der Waals surface area contributed by atoms with E-state index in [4.69, 9.17) is 22.1 Å². The normalized spacial score (nSPS) is 9.48. The number of nitrogens with one attached hydrogen (secondary N) is 1. The predicted octanol–water partition coefficient (Wildman–Crippen LogP) is 3.74. The number of halogens is 1. The minimum Gasteiger partial charge on any atom is -0.355 e. The maximum absolute atomic E-state index is 10.8. The van der Waals surface area contributed by atoms with Gasteiger partial charge in [0.15, 0.2) is 0 Å².